The van der Waals surface area contributed by atoms with Crippen LogP contribution >= 0.6 is 8.46 Å². The molecule has 0 fully saturated rings. The van der Waals surface area contributed by atoms with Crippen LogP contribution < -0.4 is 0 Å². The Morgan fingerprint density at radius 1 is 1.50 bits per heavy atom. The second kappa shape index (κ2) is 4.99. The van der Waals surface area contributed by atoms with E-state index in [4.69, 9.17) is 0 Å². The Balaban J connectivity index is 3.66. The molecular weight excluding hydrogens is 119 g/mol. The third kappa shape index (κ3) is 2.92. The first-order valence-electron chi connectivity index (χ1n) is 2.85. The first kappa shape index (κ1) is 7.84. The summed E-state index contributed by atoms with van der Waals surface area (Å²) >= 11 is 0. The van der Waals surface area contributed by atoms with Crippen molar-refractivity contribution in [2.45, 2.75) is 26.7 Å². The number of hydrogen-bond acceptors (Lipinski definition) is 1. The van der Waals surface area contributed by atoms with Crippen molar-refractivity contribution < 1.29 is 4.57 Å². The summed E-state index contributed by atoms with van der Waals surface area (Å²) in [7, 11) is 0.143. The van der Waals surface area contributed by atoms with Crippen molar-refractivity contribution in [1.82, 2.24) is 0 Å². The Hall–Kier alpha value is -0.160. The van der Waals surface area contributed by atoms with Crippen LogP contribution in [0.5, 0.6) is 0 Å². The van der Waals surface area contributed by atoms with Crippen molar-refractivity contribution in [2.24, 2.45) is 0 Å². The molecule has 0 heterocycles. The molecule has 0 amide bonds. The van der Waals surface area contributed by atoms with Gasteiger partial charge in [0.15, 0.2) is 8.46 Å². The van der Waals surface area contributed by atoms with E-state index in [1.807, 2.05) is 0 Å². The van der Waals surface area contributed by atoms with Gasteiger partial charge in [-0.25, -0.2) is 0 Å². The van der Waals surface area contributed by atoms with Gasteiger partial charge >= 0.3 is 0 Å². The average molecular weight is 130 g/mol. The molecule has 46 valence electrons. The fourth-order valence-corrected chi connectivity index (χ4v) is 1.02. The van der Waals surface area contributed by atoms with Gasteiger partial charge in [-0.3, -0.25) is 4.57 Å². The highest BCUT2D eigenvalue weighted by molar-refractivity contribution is 7.27. The lowest BCUT2D eigenvalue weighted by molar-refractivity contribution is 0.602. The van der Waals surface area contributed by atoms with Crippen LogP contribution in [-0.2, 0) is 4.57 Å². The molecule has 0 aromatic rings. The van der Waals surface area contributed by atoms with Gasteiger partial charge in [-0.2, -0.15) is 0 Å². The molecule has 0 atom stereocenters. The van der Waals surface area contributed by atoms with Crippen LogP contribution in [-0.4, -0.2) is 0 Å². The largest absolute Gasteiger partial charge is 0.270 e. The molecule has 0 aromatic heterocycles. The third-order valence-electron chi connectivity index (χ3n) is 1.14. The monoisotopic (exact) mass is 130 g/mol. The lowest BCUT2D eigenvalue weighted by Crippen LogP contribution is -1.71. The minimum absolute atomic E-state index is 0.143. The topological polar surface area (TPSA) is 17.1 Å². The molecule has 0 radical (unpaired) electrons. The molecule has 2 heteroatoms. The number of allylic oxidation sites excluding steroid dienone is 1. The highest BCUT2D eigenvalue weighted by Crippen LogP contribution is 2.09. The van der Waals surface area contributed by atoms with E-state index in [0.29, 0.717) is 0 Å². The summed E-state index contributed by atoms with van der Waals surface area (Å²) in [6.07, 6.45) is 2.04. The van der Waals surface area contributed by atoms with E-state index < -0.39 is 0 Å². The maximum Gasteiger partial charge on any atom is 0.184 e. The Kier molecular flexibility index (Phi) is 4.89. The van der Waals surface area contributed by atoms with Crippen molar-refractivity contribution in [3.8, 4) is 0 Å². The van der Waals surface area contributed by atoms with Crippen molar-refractivity contribution in [3.63, 3.8) is 0 Å². The number of hydrogen-bond donors (Lipinski definition) is 0. The van der Waals surface area contributed by atoms with Gasteiger partial charge in [-0.1, -0.05) is 19.4 Å². The van der Waals surface area contributed by atoms with Gasteiger partial charge in [0.25, 0.3) is 0 Å². The van der Waals surface area contributed by atoms with Gasteiger partial charge in [-0.15, -0.1) is 0 Å². The lowest BCUT2D eigenvalue weighted by Gasteiger charge is -1.92. The molecule has 0 bridgehead atoms. The molecule has 0 aliphatic rings. The summed E-state index contributed by atoms with van der Waals surface area (Å²) in [6.45, 7) is 4.14. The van der Waals surface area contributed by atoms with Crippen LogP contribution in [0.2, 0.25) is 0 Å². The first-order valence-corrected chi connectivity index (χ1v) is 3.73. The van der Waals surface area contributed by atoms with Crippen LogP contribution in [0, 0.1) is 0 Å². The predicted molar refractivity (Wildman–Crippen MR) is 36.3 cm³/mol. The molecule has 0 aromatic carbocycles. The van der Waals surface area contributed by atoms with Crippen LogP contribution in [0.15, 0.2) is 11.4 Å². The summed E-state index contributed by atoms with van der Waals surface area (Å²) in [5, 5.41) is 0. The average Bonchev–Trinajstić information content (AvgIpc) is 1.83. The van der Waals surface area contributed by atoms with Gasteiger partial charge in [0.05, 0.1) is 0 Å². The van der Waals surface area contributed by atoms with E-state index >= 15 is 0 Å². The zero-order valence-electron chi connectivity index (χ0n) is 5.35. The minimum atomic E-state index is 0.143. The summed E-state index contributed by atoms with van der Waals surface area (Å²) in [4.78, 5) is 0. The molecule has 8 heavy (non-hydrogen) atoms. The fraction of sp³-hybridized carbons (Fsp3) is 0.667. The Morgan fingerprint density at radius 2 is 2.00 bits per heavy atom. The number of rotatable bonds is 3. The molecule has 0 saturated heterocycles. The zero-order valence-corrected chi connectivity index (χ0v) is 6.24. The van der Waals surface area contributed by atoms with Crippen LogP contribution in [0.4, 0.5) is 0 Å². The SMILES string of the molecule is CCC(=CP=O)CC. The third-order valence-corrected chi connectivity index (χ3v) is 1.61. The maximum absolute atomic E-state index is 9.95. The van der Waals surface area contributed by atoms with E-state index in [1.54, 1.807) is 5.82 Å². The van der Waals surface area contributed by atoms with E-state index in [1.165, 1.54) is 5.57 Å². The van der Waals surface area contributed by atoms with Crippen LogP contribution in [0.25, 0.3) is 0 Å². The predicted octanol–water partition coefficient (Wildman–Crippen LogP) is 2.98. The van der Waals surface area contributed by atoms with Crippen LogP contribution in [0.3, 0.4) is 0 Å². The van der Waals surface area contributed by atoms with E-state index in [0.717, 1.165) is 12.8 Å². The quantitative estimate of drug-likeness (QED) is 0.536. The molecule has 0 aliphatic heterocycles. The van der Waals surface area contributed by atoms with Crippen LogP contribution in [0.1, 0.15) is 26.7 Å². The highest BCUT2D eigenvalue weighted by Gasteiger charge is 1.85. The Labute approximate surface area is 52.0 Å². The van der Waals surface area contributed by atoms with Gasteiger partial charge in [0.2, 0.25) is 0 Å². The second-order valence-corrected chi connectivity index (χ2v) is 2.07. The van der Waals surface area contributed by atoms with Gasteiger partial charge in [0.1, 0.15) is 0 Å². The molecule has 0 spiro atoms. The molecule has 1 nitrogen and oxygen atoms in total. The normalized spacial score (nSPS) is 9.25. The van der Waals surface area contributed by atoms with Gasteiger partial charge in [-0.05, 0) is 12.8 Å². The van der Waals surface area contributed by atoms with Gasteiger partial charge in [0, 0.05) is 5.82 Å². The van der Waals surface area contributed by atoms with Crippen molar-refractivity contribution in [3.05, 3.63) is 11.4 Å². The lowest BCUT2D eigenvalue weighted by atomic mass is 10.2. The minimum Gasteiger partial charge on any atom is -0.270 e. The first-order chi connectivity index (χ1) is 3.85. The molecule has 0 unspecified atom stereocenters. The Bertz CT molecular complexity index is 90.7. The molecule has 0 aliphatic carbocycles. The summed E-state index contributed by atoms with van der Waals surface area (Å²) in [5.74, 6) is 1.74. The maximum atomic E-state index is 9.95. The summed E-state index contributed by atoms with van der Waals surface area (Å²) in [6, 6.07) is 0. The highest BCUT2D eigenvalue weighted by atomic mass is 31.1. The van der Waals surface area contributed by atoms with E-state index in [-0.39, 0.29) is 8.46 Å². The smallest absolute Gasteiger partial charge is 0.184 e. The van der Waals surface area contributed by atoms with E-state index in [2.05, 4.69) is 13.8 Å². The Morgan fingerprint density at radius 3 is 2.12 bits per heavy atom. The zero-order chi connectivity index (χ0) is 6.41. The second-order valence-electron chi connectivity index (χ2n) is 1.60. The van der Waals surface area contributed by atoms with Gasteiger partial charge < -0.3 is 0 Å². The molecule has 0 rings (SSSR count). The van der Waals surface area contributed by atoms with Crippen molar-refractivity contribution in [1.29, 1.82) is 0 Å². The summed E-state index contributed by atoms with van der Waals surface area (Å²) < 4.78 is 9.95. The van der Waals surface area contributed by atoms with Crippen molar-refractivity contribution >= 4 is 8.46 Å². The summed E-state index contributed by atoms with van der Waals surface area (Å²) in [5.41, 5.74) is 1.27. The standard InChI is InChI=1S/C6H11OP/c1-3-6(4-2)5-8-7/h5H,3-4H2,1-2H3. The van der Waals surface area contributed by atoms with E-state index in [9.17, 15) is 4.57 Å². The van der Waals surface area contributed by atoms with Crippen molar-refractivity contribution in [2.75, 3.05) is 0 Å². The molecule has 0 saturated carbocycles. The molecule has 0 N–H and O–H groups in total. The molecular formula is C6H11OP. The fourth-order valence-electron chi connectivity index (χ4n) is 0.507.